The van der Waals surface area contributed by atoms with Crippen LogP contribution in [0.5, 0.6) is 5.88 Å². The van der Waals surface area contributed by atoms with E-state index in [2.05, 4.69) is 9.72 Å². The Hall–Kier alpha value is -2.63. The van der Waals surface area contributed by atoms with E-state index in [0.717, 1.165) is 5.39 Å². The fourth-order valence-corrected chi connectivity index (χ4v) is 1.98. The van der Waals surface area contributed by atoms with Crippen molar-refractivity contribution in [2.45, 2.75) is 26.4 Å². The average Bonchev–Trinajstić information content (AvgIpc) is 2.49. The van der Waals surface area contributed by atoms with Gasteiger partial charge in [0, 0.05) is 5.39 Å². The van der Waals surface area contributed by atoms with E-state index in [1.54, 1.807) is 32.9 Å². The van der Waals surface area contributed by atoms with E-state index in [-0.39, 0.29) is 18.2 Å². The predicted molar refractivity (Wildman–Crippen MR) is 84.4 cm³/mol. The minimum absolute atomic E-state index is 0.116. The molecule has 0 aliphatic carbocycles. The first-order valence-electron chi connectivity index (χ1n) is 7.13. The molecule has 0 saturated heterocycles. The maximum absolute atomic E-state index is 11.8. The maximum atomic E-state index is 11.8. The molecular formula is C17H19NO5. The molecule has 23 heavy (non-hydrogen) atoms. The topological polar surface area (TPSA) is 74.7 Å². The lowest BCUT2D eigenvalue weighted by molar-refractivity contribution is -0.157. The Morgan fingerprint density at radius 1 is 1.17 bits per heavy atom. The van der Waals surface area contributed by atoms with E-state index in [9.17, 15) is 9.59 Å². The number of methoxy groups -OCH3 is 1. The number of aromatic nitrogens is 1. The highest BCUT2D eigenvalue weighted by Crippen LogP contribution is 2.25. The molecular weight excluding hydrogens is 298 g/mol. The zero-order chi connectivity index (χ0) is 17.0. The molecule has 2 rings (SSSR count). The Bertz CT molecular complexity index is 733. The predicted octanol–water partition coefficient (Wildman–Crippen LogP) is 2.74. The highest BCUT2D eigenvalue weighted by molar-refractivity contribution is 5.95. The molecule has 0 amide bonds. The minimum Gasteiger partial charge on any atom is -0.465 e. The van der Waals surface area contributed by atoms with Gasteiger partial charge in [0.2, 0.25) is 5.88 Å². The van der Waals surface area contributed by atoms with Crippen molar-refractivity contribution in [2.75, 3.05) is 13.7 Å². The SMILES string of the molecule is COC(=O)c1cc2ccccc2c(OCC(=O)OC(C)(C)C)n1. The van der Waals surface area contributed by atoms with Crippen LogP contribution >= 0.6 is 0 Å². The van der Waals surface area contributed by atoms with Gasteiger partial charge in [-0.15, -0.1) is 0 Å². The van der Waals surface area contributed by atoms with Crippen LogP contribution in [-0.4, -0.2) is 36.2 Å². The van der Waals surface area contributed by atoms with Crippen LogP contribution in [0, 0.1) is 0 Å². The summed E-state index contributed by atoms with van der Waals surface area (Å²) < 4.78 is 15.3. The molecule has 0 saturated carbocycles. The van der Waals surface area contributed by atoms with Crippen LogP contribution in [0.15, 0.2) is 30.3 Å². The van der Waals surface area contributed by atoms with Crippen LogP contribution in [0.1, 0.15) is 31.3 Å². The van der Waals surface area contributed by atoms with Gasteiger partial charge in [-0.3, -0.25) is 0 Å². The number of carbonyl (C=O) groups excluding carboxylic acids is 2. The van der Waals surface area contributed by atoms with Crippen LogP contribution in [0.25, 0.3) is 10.8 Å². The van der Waals surface area contributed by atoms with Crippen LogP contribution in [-0.2, 0) is 14.3 Å². The van der Waals surface area contributed by atoms with Gasteiger partial charge in [-0.25, -0.2) is 14.6 Å². The third-order valence-electron chi connectivity index (χ3n) is 2.85. The highest BCUT2D eigenvalue weighted by atomic mass is 16.6. The molecule has 0 N–H and O–H groups in total. The van der Waals surface area contributed by atoms with Crippen LogP contribution in [0.4, 0.5) is 0 Å². The van der Waals surface area contributed by atoms with E-state index in [0.29, 0.717) is 5.39 Å². The molecule has 0 radical (unpaired) electrons. The van der Waals surface area contributed by atoms with E-state index in [4.69, 9.17) is 9.47 Å². The fraction of sp³-hybridized carbons (Fsp3) is 0.353. The Morgan fingerprint density at radius 2 is 1.87 bits per heavy atom. The molecule has 0 bridgehead atoms. The lowest BCUT2D eigenvalue weighted by Gasteiger charge is -2.19. The zero-order valence-electron chi connectivity index (χ0n) is 13.6. The van der Waals surface area contributed by atoms with Gasteiger partial charge in [0.15, 0.2) is 12.3 Å². The molecule has 0 spiro atoms. The number of hydrogen-bond donors (Lipinski definition) is 0. The second-order valence-corrected chi connectivity index (χ2v) is 5.90. The number of hydrogen-bond acceptors (Lipinski definition) is 6. The van der Waals surface area contributed by atoms with Gasteiger partial charge in [0.05, 0.1) is 7.11 Å². The number of rotatable bonds is 4. The second-order valence-electron chi connectivity index (χ2n) is 5.90. The van der Waals surface area contributed by atoms with Crippen molar-refractivity contribution in [3.63, 3.8) is 0 Å². The van der Waals surface area contributed by atoms with Crippen molar-refractivity contribution in [1.82, 2.24) is 4.98 Å². The number of fused-ring (bicyclic) bond motifs is 1. The summed E-state index contributed by atoms with van der Waals surface area (Å²) in [7, 11) is 1.28. The van der Waals surface area contributed by atoms with Gasteiger partial charge in [-0.05, 0) is 38.3 Å². The van der Waals surface area contributed by atoms with Crippen molar-refractivity contribution >= 4 is 22.7 Å². The Labute approximate surface area is 134 Å². The standard InChI is InChI=1S/C17H19NO5/c1-17(2,3)23-14(19)10-22-15-12-8-6-5-7-11(12)9-13(18-15)16(20)21-4/h5-9H,10H2,1-4H3. The van der Waals surface area contributed by atoms with Gasteiger partial charge in [-0.1, -0.05) is 18.2 Å². The number of esters is 2. The van der Waals surface area contributed by atoms with Gasteiger partial charge >= 0.3 is 11.9 Å². The van der Waals surface area contributed by atoms with E-state index in [1.165, 1.54) is 7.11 Å². The number of ether oxygens (including phenoxy) is 3. The number of pyridine rings is 1. The summed E-state index contributed by atoms with van der Waals surface area (Å²) in [5.41, 5.74) is -0.477. The van der Waals surface area contributed by atoms with Crippen LogP contribution in [0.3, 0.4) is 0 Å². The van der Waals surface area contributed by atoms with Crippen molar-refractivity contribution < 1.29 is 23.8 Å². The van der Waals surface area contributed by atoms with Gasteiger partial charge in [0.1, 0.15) is 5.60 Å². The zero-order valence-corrected chi connectivity index (χ0v) is 13.6. The summed E-state index contributed by atoms with van der Waals surface area (Å²) in [5.74, 6) is -0.890. The molecule has 0 fully saturated rings. The highest BCUT2D eigenvalue weighted by Gasteiger charge is 2.18. The van der Waals surface area contributed by atoms with Crippen molar-refractivity contribution in [2.24, 2.45) is 0 Å². The van der Waals surface area contributed by atoms with Gasteiger partial charge < -0.3 is 14.2 Å². The third kappa shape index (κ3) is 4.42. The van der Waals surface area contributed by atoms with E-state index in [1.807, 2.05) is 18.2 Å². The Morgan fingerprint density at radius 3 is 2.52 bits per heavy atom. The number of carbonyl (C=O) groups is 2. The van der Waals surface area contributed by atoms with Gasteiger partial charge in [-0.2, -0.15) is 0 Å². The average molecular weight is 317 g/mol. The molecule has 1 aromatic heterocycles. The molecule has 0 atom stereocenters. The first kappa shape index (κ1) is 16.7. The summed E-state index contributed by atoms with van der Waals surface area (Å²) in [4.78, 5) is 27.6. The quantitative estimate of drug-likeness (QED) is 0.807. The molecule has 6 nitrogen and oxygen atoms in total. The normalized spacial score (nSPS) is 11.1. The lowest BCUT2D eigenvalue weighted by atomic mass is 10.1. The molecule has 0 unspecified atom stereocenters. The Balaban J connectivity index is 2.28. The number of nitrogens with zero attached hydrogens (tertiary/aromatic N) is 1. The van der Waals surface area contributed by atoms with Gasteiger partial charge in [0.25, 0.3) is 0 Å². The molecule has 122 valence electrons. The summed E-state index contributed by atoms with van der Waals surface area (Å²) in [6.45, 7) is 5.03. The lowest BCUT2D eigenvalue weighted by Crippen LogP contribution is -2.27. The fourth-order valence-electron chi connectivity index (χ4n) is 1.98. The second kappa shape index (κ2) is 6.64. The summed E-state index contributed by atoms with van der Waals surface area (Å²) in [6.07, 6.45) is 0. The molecule has 0 aliphatic heterocycles. The molecule has 6 heteroatoms. The first-order valence-corrected chi connectivity index (χ1v) is 7.13. The van der Waals surface area contributed by atoms with Crippen LogP contribution in [0.2, 0.25) is 0 Å². The number of benzene rings is 1. The molecule has 1 heterocycles. The molecule has 1 aromatic carbocycles. The third-order valence-corrected chi connectivity index (χ3v) is 2.85. The summed E-state index contributed by atoms with van der Waals surface area (Å²) in [5, 5.41) is 1.46. The summed E-state index contributed by atoms with van der Waals surface area (Å²) >= 11 is 0. The largest absolute Gasteiger partial charge is 0.465 e. The molecule has 2 aromatic rings. The maximum Gasteiger partial charge on any atom is 0.356 e. The van der Waals surface area contributed by atoms with Crippen molar-refractivity contribution in [1.29, 1.82) is 0 Å². The van der Waals surface area contributed by atoms with Crippen LogP contribution < -0.4 is 4.74 Å². The summed E-state index contributed by atoms with van der Waals surface area (Å²) in [6, 6.07) is 8.89. The van der Waals surface area contributed by atoms with Crippen molar-refractivity contribution in [3.8, 4) is 5.88 Å². The van der Waals surface area contributed by atoms with E-state index < -0.39 is 17.5 Å². The minimum atomic E-state index is -0.593. The molecule has 0 aliphatic rings. The van der Waals surface area contributed by atoms with Crippen molar-refractivity contribution in [3.05, 3.63) is 36.0 Å². The van der Waals surface area contributed by atoms with E-state index >= 15 is 0 Å². The Kier molecular flexibility index (Phi) is 4.83. The smallest absolute Gasteiger partial charge is 0.356 e. The first-order chi connectivity index (χ1) is 10.8. The monoisotopic (exact) mass is 317 g/mol.